The molecule has 0 radical (unpaired) electrons. The third kappa shape index (κ3) is 4.64. The Morgan fingerprint density at radius 3 is 2.52 bits per heavy atom. The zero-order valence-electron chi connectivity index (χ0n) is 14.9. The number of benzene rings is 2. The van der Waals surface area contributed by atoms with E-state index in [1.165, 1.54) is 12.1 Å². The van der Waals surface area contributed by atoms with Gasteiger partial charge in [-0.05, 0) is 42.3 Å². The van der Waals surface area contributed by atoms with Crippen LogP contribution >= 0.6 is 0 Å². The van der Waals surface area contributed by atoms with Crippen molar-refractivity contribution >= 4 is 15.9 Å². The number of carbonyl (C=O) groups excluding carboxylic acids is 1. The first-order chi connectivity index (χ1) is 12.8. The van der Waals surface area contributed by atoms with Gasteiger partial charge in [0.2, 0.25) is 10.0 Å². The number of hydrogen-bond donors (Lipinski definition) is 2. The van der Waals surface area contributed by atoms with Gasteiger partial charge in [-0.3, -0.25) is 4.79 Å². The average molecular weight is 383 g/mol. The van der Waals surface area contributed by atoms with Crippen LogP contribution in [0.5, 0.6) is 0 Å². The molecule has 1 unspecified atom stereocenters. The monoisotopic (exact) mass is 383 g/mol. The Hall–Kier alpha value is -2.90. The summed E-state index contributed by atoms with van der Waals surface area (Å²) in [5, 5.41) is 8.09. The quantitative estimate of drug-likeness (QED) is 0.685. The van der Waals surface area contributed by atoms with Crippen LogP contribution in [0.1, 0.15) is 34.6 Å². The molecule has 0 saturated heterocycles. The number of rotatable bonds is 6. The molecule has 0 bridgehead atoms. The van der Waals surface area contributed by atoms with Crippen LogP contribution in [0.2, 0.25) is 0 Å². The van der Waals surface area contributed by atoms with Crippen molar-refractivity contribution in [1.82, 2.24) is 9.88 Å². The van der Waals surface area contributed by atoms with Crippen molar-refractivity contribution in [3.05, 3.63) is 89.7 Å². The Labute approximate surface area is 158 Å². The van der Waals surface area contributed by atoms with E-state index in [0.717, 1.165) is 5.56 Å². The van der Waals surface area contributed by atoms with E-state index in [-0.39, 0.29) is 16.8 Å². The molecule has 3 rings (SSSR count). The number of nitrogens with zero attached hydrogens (tertiary/aromatic N) is 1. The number of sulfonamides is 1. The fourth-order valence-electron chi connectivity index (χ4n) is 2.85. The molecule has 1 aromatic heterocycles. The highest BCUT2D eigenvalue weighted by molar-refractivity contribution is 7.89. The molecule has 0 aliphatic carbocycles. The summed E-state index contributed by atoms with van der Waals surface area (Å²) in [7, 11) is -3.79. The number of carbonyl (C=O) groups is 1. The number of primary sulfonamides is 1. The smallest absolute Gasteiger partial charge is 0.268 e. The number of hydrogen-bond acceptors (Lipinski definition) is 3. The van der Waals surface area contributed by atoms with Gasteiger partial charge in [0, 0.05) is 12.7 Å². The summed E-state index contributed by atoms with van der Waals surface area (Å²) in [5.74, 6) is -0.232. The summed E-state index contributed by atoms with van der Waals surface area (Å²) >= 11 is 0. The molecule has 7 heteroatoms. The van der Waals surface area contributed by atoms with Crippen LogP contribution in [0.25, 0.3) is 0 Å². The van der Waals surface area contributed by atoms with Crippen LogP contribution < -0.4 is 10.5 Å². The van der Waals surface area contributed by atoms with E-state index >= 15 is 0 Å². The summed E-state index contributed by atoms with van der Waals surface area (Å²) in [6.07, 6.45) is 1.86. The van der Waals surface area contributed by atoms with Crippen molar-refractivity contribution in [2.24, 2.45) is 5.14 Å². The summed E-state index contributed by atoms with van der Waals surface area (Å²) in [6, 6.07) is 19.3. The minimum Gasteiger partial charge on any atom is -0.344 e. The largest absolute Gasteiger partial charge is 0.344 e. The Kier molecular flexibility index (Phi) is 5.43. The fourth-order valence-corrected chi connectivity index (χ4v) is 3.42. The first-order valence-corrected chi connectivity index (χ1v) is 10.0. The predicted octanol–water partition coefficient (Wildman–Crippen LogP) is 2.67. The maximum Gasteiger partial charge on any atom is 0.268 e. The molecule has 1 atom stereocenters. The lowest BCUT2D eigenvalue weighted by atomic mass is 10.1. The van der Waals surface area contributed by atoms with E-state index in [2.05, 4.69) is 5.32 Å². The van der Waals surface area contributed by atoms with Crippen LogP contribution in [0.15, 0.2) is 77.8 Å². The lowest BCUT2D eigenvalue weighted by molar-refractivity contribution is 0.0931. The van der Waals surface area contributed by atoms with Gasteiger partial charge >= 0.3 is 0 Å². The Balaban J connectivity index is 1.76. The van der Waals surface area contributed by atoms with Gasteiger partial charge in [0.05, 0.1) is 10.9 Å². The molecule has 3 N–H and O–H groups in total. The lowest BCUT2D eigenvalue weighted by Crippen LogP contribution is -2.29. The summed E-state index contributed by atoms with van der Waals surface area (Å²) < 4.78 is 24.9. The predicted molar refractivity (Wildman–Crippen MR) is 104 cm³/mol. The second kappa shape index (κ2) is 7.77. The van der Waals surface area contributed by atoms with Crippen molar-refractivity contribution in [3.8, 4) is 0 Å². The van der Waals surface area contributed by atoms with Gasteiger partial charge in [-0.25, -0.2) is 13.6 Å². The lowest BCUT2D eigenvalue weighted by Gasteiger charge is -2.16. The maximum atomic E-state index is 12.7. The van der Waals surface area contributed by atoms with Gasteiger partial charge in [0.1, 0.15) is 5.69 Å². The molecule has 1 heterocycles. The van der Waals surface area contributed by atoms with E-state index in [4.69, 9.17) is 5.14 Å². The van der Waals surface area contributed by atoms with Gasteiger partial charge in [-0.2, -0.15) is 0 Å². The zero-order chi connectivity index (χ0) is 19.4. The molecule has 27 heavy (non-hydrogen) atoms. The maximum absolute atomic E-state index is 12.7. The van der Waals surface area contributed by atoms with Crippen molar-refractivity contribution in [2.45, 2.75) is 24.4 Å². The van der Waals surface area contributed by atoms with Crippen LogP contribution in [-0.4, -0.2) is 18.9 Å². The molecule has 0 fully saturated rings. The second-order valence-corrected chi connectivity index (χ2v) is 7.88. The van der Waals surface area contributed by atoms with Crippen molar-refractivity contribution in [3.63, 3.8) is 0 Å². The fraction of sp³-hybridized carbons (Fsp3) is 0.150. The SMILES string of the molecule is CC(NC(=O)c1cccn1Cc1ccccc1)c1cccc(S(N)(=O)=O)c1. The minimum absolute atomic E-state index is 0.0218. The number of aromatic nitrogens is 1. The Morgan fingerprint density at radius 1 is 1.07 bits per heavy atom. The number of amides is 1. The summed E-state index contributed by atoms with van der Waals surface area (Å²) in [5.41, 5.74) is 2.29. The van der Waals surface area contributed by atoms with Gasteiger partial charge in [0.15, 0.2) is 0 Å². The molecular formula is C20H21N3O3S. The van der Waals surface area contributed by atoms with E-state index in [1.807, 2.05) is 47.2 Å². The van der Waals surface area contributed by atoms with Gasteiger partial charge in [-0.15, -0.1) is 0 Å². The third-order valence-corrected chi connectivity index (χ3v) is 5.20. The summed E-state index contributed by atoms with van der Waals surface area (Å²) in [6.45, 7) is 2.39. The normalized spacial score (nSPS) is 12.5. The molecule has 0 spiro atoms. The highest BCUT2D eigenvalue weighted by atomic mass is 32.2. The minimum atomic E-state index is -3.79. The van der Waals surface area contributed by atoms with E-state index < -0.39 is 10.0 Å². The summed E-state index contributed by atoms with van der Waals surface area (Å²) in [4.78, 5) is 12.7. The van der Waals surface area contributed by atoms with E-state index in [0.29, 0.717) is 17.8 Å². The van der Waals surface area contributed by atoms with Crippen LogP contribution in [0.4, 0.5) is 0 Å². The average Bonchev–Trinajstić information content (AvgIpc) is 3.10. The van der Waals surface area contributed by atoms with Crippen LogP contribution in [-0.2, 0) is 16.6 Å². The standard InChI is InChI=1S/C20H21N3O3S/c1-15(17-9-5-10-18(13-17)27(21,25)26)22-20(24)19-11-6-12-23(19)14-16-7-3-2-4-8-16/h2-13,15H,14H2,1H3,(H,22,24)(H2,21,25,26). The van der Waals surface area contributed by atoms with Gasteiger partial charge in [0.25, 0.3) is 5.91 Å². The van der Waals surface area contributed by atoms with E-state index in [9.17, 15) is 13.2 Å². The molecule has 0 saturated carbocycles. The molecule has 0 aliphatic heterocycles. The van der Waals surface area contributed by atoms with Gasteiger partial charge < -0.3 is 9.88 Å². The molecular weight excluding hydrogens is 362 g/mol. The van der Waals surface area contributed by atoms with Crippen molar-refractivity contribution in [2.75, 3.05) is 0 Å². The van der Waals surface area contributed by atoms with Crippen molar-refractivity contribution < 1.29 is 13.2 Å². The molecule has 1 amide bonds. The highest BCUT2D eigenvalue weighted by Crippen LogP contribution is 2.17. The van der Waals surface area contributed by atoms with Gasteiger partial charge in [-0.1, -0.05) is 42.5 Å². The third-order valence-electron chi connectivity index (χ3n) is 4.29. The molecule has 6 nitrogen and oxygen atoms in total. The molecule has 0 aliphatic rings. The molecule has 140 valence electrons. The Bertz CT molecular complexity index is 1040. The number of nitrogens with one attached hydrogen (secondary N) is 1. The topological polar surface area (TPSA) is 94.2 Å². The molecule has 2 aromatic carbocycles. The molecule has 3 aromatic rings. The highest BCUT2D eigenvalue weighted by Gasteiger charge is 2.16. The first kappa shape index (κ1) is 18.9. The second-order valence-electron chi connectivity index (χ2n) is 6.32. The first-order valence-electron chi connectivity index (χ1n) is 8.47. The Morgan fingerprint density at radius 2 is 1.81 bits per heavy atom. The number of nitrogens with two attached hydrogens (primary N) is 1. The zero-order valence-corrected chi connectivity index (χ0v) is 15.7. The van der Waals surface area contributed by atoms with Crippen LogP contribution in [0, 0.1) is 0 Å². The van der Waals surface area contributed by atoms with E-state index in [1.54, 1.807) is 25.1 Å². The van der Waals surface area contributed by atoms with Crippen molar-refractivity contribution in [1.29, 1.82) is 0 Å². The van der Waals surface area contributed by atoms with Crippen LogP contribution in [0.3, 0.4) is 0 Å².